The predicted octanol–water partition coefficient (Wildman–Crippen LogP) is 1.75. The summed E-state index contributed by atoms with van der Waals surface area (Å²) in [6.07, 6.45) is 1.21. The predicted molar refractivity (Wildman–Crippen MR) is 65.8 cm³/mol. The number of benzene rings is 1. The highest BCUT2D eigenvalue weighted by Gasteiger charge is 2.14. The van der Waals surface area contributed by atoms with Gasteiger partial charge in [0.2, 0.25) is 0 Å². The molecule has 1 aromatic carbocycles. The molecule has 0 aliphatic heterocycles. The first kappa shape index (κ1) is 13.0. The minimum Gasteiger partial charge on any atom is -0.392 e. The molecule has 0 bridgehead atoms. The molecule has 6 heteroatoms. The molecular formula is C12H13ClFN3O. The molecule has 1 N–H and O–H groups in total. The molecular weight excluding hydrogens is 257 g/mol. The van der Waals surface area contributed by atoms with E-state index in [9.17, 15) is 9.50 Å². The maximum Gasteiger partial charge on any atom is 0.145 e. The lowest BCUT2D eigenvalue weighted by Crippen LogP contribution is -2.17. The van der Waals surface area contributed by atoms with Crippen molar-refractivity contribution in [3.05, 3.63) is 46.8 Å². The Balaban J connectivity index is 2.05. The maximum atomic E-state index is 13.6. The minimum atomic E-state index is -0.721. The van der Waals surface area contributed by atoms with Gasteiger partial charge in [-0.2, -0.15) is 5.10 Å². The van der Waals surface area contributed by atoms with E-state index in [0.717, 1.165) is 0 Å². The summed E-state index contributed by atoms with van der Waals surface area (Å²) < 4.78 is 15.2. The van der Waals surface area contributed by atoms with Gasteiger partial charge in [0.05, 0.1) is 11.1 Å². The molecule has 0 spiro atoms. The van der Waals surface area contributed by atoms with Crippen LogP contribution in [0, 0.1) is 5.82 Å². The Morgan fingerprint density at radius 3 is 2.89 bits per heavy atom. The standard InChI is InChI=1S/C12H13ClFN3O/c1-17-11(15-7-16-17)6-9(18)5-8-3-2-4-10(13)12(8)14/h2-4,7,9,18H,5-6H2,1H3. The van der Waals surface area contributed by atoms with Gasteiger partial charge in [0, 0.05) is 19.9 Å². The Bertz CT molecular complexity index is 544. The van der Waals surface area contributed by atoms with Crippen molar-refractivity contribution < 1.29 is 9.50 Å². The van der Waals surface area contributed by atoms with E-state index in [2.05, 4.69) is 10.1 Å². The van der Waals surface area contributed by atoms with Gasteiger partial charge < -0.3 is 5.11 Å². The number of aromatic nitrogens is 3. The van der Waals surface area contributed by atoms with Gasteiger partial charge >= 0.3 is 0 Å². The topological polar surface area (TPSA) is 50.9 Å². The number of aryl methyl sites for hydroxylation is 1. The van der Waals surface area contributed by atoms with Gasteiger partial charge in [-0.15, -0.1) is 0 Å². The quantitative estimate of drug-likeness (QED) is 0.920. The zero-order valence-electron chi connectivity index (χ0n) is 9.85. The highest BCUT2D eigenvalue weighted by molar-refractivity contribution is 6.30. The largest absolute Gasteiger partial charge is 0.392 e. The maximum absolute atomic E-state index is 13.6. The second kappa shape index (κ2) is 5.46. The summed E-state index contributed by atoms with van der Waals surface area (Å²) in [6.45, 7) is 0. The Kier molecular flexibility index (Phi) is 3.93. The molecule has 0 amide bonds. The van der Waals surface area contributed by atoms with Gasteiger partial charge in [0.1, 0.15) is 18.0 Å². The highest BCUT2D eigenvalue weighted by atomic mass is 35.5. The van der Waals surface area contributed by atoms with Gasteiger partial charge in [-0.3, -0.25) is 4.68 Å². The lowest BCUT2D eigenvalue weighted by Gasteiger charge is -2.11. The molecule has 1 atom stereocenters. The molecule has 96 valence electrons. The third-order valence-electron chi connectivity index (χ3n) is 2.71. The van der Waals surface area contributed by atoms with E-state index in [0.29, 0.717) is 17.8 Å². The van der Waals surface area contributed by atoms with E-state index < -0.39 is 11.9 Å². The van der Waals surface area contributed by atoms with E-state index in [1.807, 2.05) is 0 Å². The minimum absolute atomic E-state index is 0.0679. The fourth-order valence-electron chi connectivity index (χ4n) is 1.75. The molecule has 1 aromatic heterocycles. The summed E-state index contributed by atoms with van der Waals surface area (Å²) in [5.41, 5.74) is 0.400. The number of hydrogen-bond donors (Lipinski definition) is 1. The number of halogens is 2. The van der Waals surface area contributed by atoms with Crippen LogP contribution in [0.1, 0.15) is 11.4 Å². The molecule has 2 aromatic rings. The third-order valence-corrected chi connectivity index (χ3v) is 3.00. The summed E-state index contributed by atoms with van der Waals surface area (Å²) in [4.78, 5) is 4.01. The summed E-state index contributed by atoms with van der Waals surface area (Å²) in [7, 11) is 1.75. The third kappa shape index (κ3) is 2.86. The van der Waals surface area contributed by atoms with Crippen LogP contribution in [0.5, 0.6) is 0 Å². The molecule has 0 radical (unpaired) electrons. The molecule has 0 aliphatic carbocycles. The molecule has 1 unspecified atom stereocenters. The van der Waals surface area contributed by atoms with Gasteiger partial charge in [0.15, 0.2) is 0 Å². The van der Waals surface area contributed by atoms with Crippen LogP contribution in [-0.4, -0.2) is 26.0 Å². The fourth-order valence-corrected chi connectivity index (χ4v) is 1.94. The average Bonchev–Trinajstić information content (AvgIpc) is 2.71. The number of nitrogens with zero attached hydrogens (tertiary/aromatic N) is 3. The van der Waals surface area contributed by atoms with E-state index >= 15 is 0 Å². The van der Waals surface area contributed by atoms with Gasteiger partial charge in [-0.05, 0) is 11.6 Å². The van der Waals surface area contributed by atoms with E-state index in [4.69, 9.17) is 11.6 Å². The normalized spacial score (nSPS) is 12.7. The fraction of sp³-hybridized carbons (Fsp3) is 0.333. The Morgan fingerprint density at radius 2 is 2.22 bits per heavy atom. The monoisotopic (exact) mass is 269 g/mol. The van der Waals surface area contributed by atoms with Crippen molar-refractivity contribution in [2.45, 2.75) is 18.9 Å². The Hall–Kier alpha value is -1.46. The van der Waals surface area contributed by atoms with Gasteiger partial charge in [-0.1, -0.05) is 23.7 Å². The second-order valence-corrected chi connectivity index (χ2v) is 4.48. The lowest BCUT2D eigenvalue weighted by molar-refractivity contribution is 0.170. The van der Waals surface area contributed by atoms with Crippen molar-refractivity contribution in [3.8, 4) is 0 Å². The Labute approximate surface area is 109 Å². The molecule has 4 nitrogen and oxygen atoms in total. The van der Waals surface area contributed by atoms with Crippen LogP contribution in [0.25, 0.3) is 0 Å². The zero-order valence-corrected chi connectivity index (χ0v) is 10.6. The molecule has 0 saturated carbocycles. The molecule has 2 rings (SSSR count). The van der Waals surface area contributed by atoms with Crippen LogP contribution in [0.2, 0.25) is 5.02 Å². The van der Waals surface area contributed by atoms with Gasteiger partial charge in [-0.25, -0.2) is 9.37 Å². The summed E-state index contributed by atoms with van der Waals surface area (Å²) in [6, 6.07) is 4.76. The second-order valence-electron chi connectivity index (χ2n) is 4.07. The number of aliphatic hydroxyl groups is 1. The first-order chi connectivity index (χ1) is 8.58. The van der Waals surface area contributed by atoms with E-state index in [1.54, 1.807) is 23.9 Å². The van der Waals surface area contributed by atoms with Crippen LogP contribution < -0.4 is 0 Å². The van der Waals surface area contributed by atoms with Crippen LogP contribution in [0.3, 0.4) is 0 Å². The van der Waals surface area contributed by atoms with Crippen molar-refractivity contribution in [1.82, 2.24) is 14.8 Å². The smallest absolute Gasteiger partial charge is 0.145 e. The molecule has 0 saturated heterocycles. The van der Waals surface area contributed by atoms with Crippen LogP contribution >= 0.6 is 11.6 Å². The number of rotatable bonds is 4. The Morgan fingerprint density at radius 1 is 1.44 bits per heavy atom. The highest BCUT2D eigenvalue weighted by Crippen LogP contribution is 2.19. The van der Waals surface area contributed by atoms with Crippen LogP contribution in [0.15, 0.2) is 24.5 Å². The summed E-state index contributed by atoms with van der Waals surface area (Å²) >= 11 is 5.68. The van der Waals surface area contributed by atoms with E-state index in [1.165, 1.54) is 12.4 Å². The average molecular weight is 270 g/mol. The summed E-state index contributed by atoms with van der Waals surface area (Å²) in [5, 5.41) is 13.9. The van der Waals surface area contributed by atoms with Crippen molar-refractivity contribution in [2.24, 2.45) is 7.05 Å². The molecule has 18 heavy (non-hydrogen) atoms. The SMILES string of the molecule is Cn1ncnc1CC(O)Cc1cccc(Cl)c1F. The molecule has 1 heterocycles. The van der Waals surface area contributed by atoms with Crippen molar-refractivity contribution in [3.63, 3.8) is 0 Å². The molecule has 0 fully saturated rings. The van der Waals surface area contributed by atoms with Gasteiger partial charge in [0.25, 0.3) is 0 Å². The number of aliphatic hydroxyl groups excluding tert-OH is 1. The van der Waals surface area contributed by atoms with E-state index in [-0.39, 0.29) is 11.4 Å². The van der Waals surface area contributed by atoms with Crippen LogP contribution in [-0.2, 0) is 19.9 Å². The van der Waals surface area contributed by atoms with Crippen molar-refractivity contribution in [1.29, 1.82) is 0 Å². The first-order valence-corrected chi connectivity index (χ1v) is 5.89. The molecule has 0 aliphatic rings. The van der Waals surface area contributed by atoms with Crippen LogP contribution in [0.4, 0.5) is 4.39 Å². The summed E-state index contributed by atoms with van der Waals surface area (Å²) in [5.74, 6) is 0.182. The lowest BCUT2D eigenvalue weighted by atomic mass is 10.0. The van der Waals surface area contributed by atoms with Crippen molar-refractivity contribution >= 4 is 11.6 Å². The first-order valence-electron chi connectivity index (χ1n) is 5.51. The zero-order chi connectivity index (χ0) is 13.1. The van der Waals surface area contributed by atoms with Crippen molar-refractivity contribution in [2.75, 3.05) is 0 Å². The number of hydrogen-bond acceptors (Lipinski definition) is 3.